The molecule has 0 fully saturated rings. The molecule has 2 aromatic rings. The number of aryl methyl sites for hydroxylation is 1. The molecule has 0 saturated carbocycles. The number of rotatable bonds is 6. The summed E-state index contributed by atoms with van der Waals surface area (Å²) in [4.78, 5) is 22.8. The fraction of sp³-hybridized carbons (Fsp3) is 0.417. The molecule has 0 saturated heterocycles. The monoisotopic (exact) mass is 263 g/mol. The summed E-state index contributed by atoms with van der Waals surface area (Å²) in [6.45, 7) is 1.86. The molecule has 2 heterocycles. The lowest BCUT2D eigenvalue weighted by atomic mass is 10.3. The smallest absolute Gasteiger partial charge is 0.251 e. The summed E-state index contributed by atoms with van der Waals surface area (Å²) in [7, 11) is 3.50. The predicted octanol–water partition coefficient (Wildman–Crippen LogP) is -0.0936. The van der Waals surface area contributed by atoms with Gasteiger partial charge >= 0.3 is 0 Å². The van der Waals surface area contributed by atoms with Gasteiger partial charge in [-0.2, -0.15) is 0 Å². The SMILES string of the molecule is COCCNCc1cc(=O)[nH]c(-c2cncn2C)n1. The van der Waals surface area contributed by atoms with Crippen LogP contribution in [0.4, 0.5) is 0 Å². The van der Waals surface area contributed by atoms with Gasteiger partial charge in [-0.05, 0) is 0 Å². The molecule has 0 aliphatic carbocycles. The fourth-order valence-electron chi connectivity index (χ4n) is 1.70. The molecule has 7 nitrogen and oxygen atoms in total. The van der Waals surface area contributed by atoms with Crippen LogP contribution in [0.2, 0.25) is 0 Å². The number of nitrogens with zero attached hydrogens (tertiary/aromatic N) is 3. The second kappa shape index (κ2) is 6.26. The van der Waals surface area contributed by atoms with Crippen molar-refractivity contribution < 1.29 is 4.74 Å². The first-order valence-corrected chi connectivity index (χ1v) is 5.97. The van der Waals surface area contributed by atoms with Crippen LogP contribution in [-0.4, -0.2) is 39.8 Å². The third-order valence-electron chi connectivity index (χ3n) is 2.64. The van der Waals surface area contributed by atoms with E-state index in [1.165, 1.54) is 6.07 Å². The minimum absolute atomic E-state index is 0.172. The number of methoxy groups -OCH3 is 1. The van der Waals surface area contributed by atoms with E-state index in [9.17, 15) is 4.79 Å². The summed E-state index contributed by atoms with van der Waals surface area (Å²) >= 11 is 0. The molecular weight excluding hydrogens is 246 g/mol. The summed E-state index contributed by atoms with van der Waals surface area (Å²) in [5, 5.41) is 3.15. The predicted molar refractivity (Wildman–Crippen MR) is 70.6 cm³/mol. The second-order valence-electron chi connectivity index (χ2n) is 4.14. The molecule has 0 amide bonds. The highest BCUT2D eigenvalue weighted by Crippen LogP contribution is 2.11. The standard InChI is InChI=1S/C12H17N5O2/c1-17-8-14-7-10(17)12-15-9(5-11(18)16-12)6-13-3-4-19-2/h5,7-8,13H,3-4,6H2,1-2H3,(H,15,16,18). The van der Waals surface area contributed by atoms with Crippen LogP contribution < -0.4 is 10.9 Å². The van der Waals surface area contributed by atoms with Crippen LogP contribution in [0.15, 0.2) is 23.4 Å². The maximum Gasteiger partial charge on any atom is 0.251 e. The molecule has 2 aromatic heterocycles. The lowest BCUT2D eigenvalue weighted by molar-refractivity contribution is 0.199. The van der Waals surface area contributed by atoms with Gasteiger partial charge in [0.2, 0.25) is 0 Å². The summed E-state index contributed by atoms with van der Waals surface area (Å²) in [5.41, 5.74) is 1.29. The summed E-state index contributed by atoms with van der Waals surface area (Å²) < 4.78 is 6.75. The van der Waals surface area contributed by atoms with Crippen molar-refractivity contribution in [3.63, 3.8) is 0 Å². The average Bonchev–Trinajstić information content (AvgIpc) is 2.80. The number of ether oxygens (including phenoxy) is 1. The van der Waals surface area contributed by atoms with E-state index < -0.39 is 0 Å². The Kier molecular flexibility index (Phi) is 4.43. The Morgan fingerprint density at radius 3 is 3.05 bits per heavy atom. The van der Waals surface area contributed by atoms with Crippen LogP contribution in [0.1, 0.15) is 5.69 Å². The van der Waals surface area contributed by atoms with Crippen molar-refractivity contribution in [3.05, 3.63) is 34.6 Å². The third kappa shape index (κ3) is 3.49. The Balaban J connectivity index is 2.16. The Morgan fingerprint density at radius 2 is 2.37 bits per heavy atom. The zero-order chi connectivity index (χ0) is 13.7. The van der Waals surface area contributed by atoms with Crippen molar-refractivity contribution in [2.24, 2.45) is 7.05 Å². The zero-order valence-electron chi connectivity index (χ0n) is 11.0. The number of aromatic nitrogens is 4. The van der Waals surface area contributed by atoms with Gasteiger partial charge in [0.05, 0.1) is 24.8 Å². The molecule has 0 aromatic carbocycles. The van der Waals surface area contributed by atoms with Crippen molar-refractivity contribution in [1.29, 1.82) is 0 Å². The van der Waals surface area contributed by atoms with E-state index >= 15 is 0 Å². The average molecular weight is 263 g/mol. The highest BCUT2D eigenvalue weighted by Gasteiger charge is 2.07. The number of H-pyrrole nitrogens is 1. The van der Waals surface area contributed by atoms with Crippen molar-refractivity contribution in [3.8, 4) is 11.5 Å². The second-order valence-corrected chi connectivity index (χ2v) is 4.14. The molecule has 2 N–H and O–H groups in total. The normalized spacial score (nSPS) is 10.8. The minimum Gasteiger partial charge on any atom is -0.383 e. The van der Waals surface area contributed by atoms with Crippen LogP contribution >= 0.6 is 0 Å². The van der Waals surface area contributed by atoms with Gasteiger partial charge in [-0.25, -0.2) is 9.97 Å². The third-order valence-corrected chi connectivity index (χ3v) is 2.64. The first-order valence-electron chi connectivity index (χ1n) is 5.97. The largest absolute Gasteiger partial charge is 0.383 e. The molecule has 2 rings (SSSR count). The lowest BCUT2D eigenvalue weighted by Crippen LogP contribution is -2.21. The molecular formula is C12H17N5O2. The molecule has 0 bridgehead atoms. The number of hydrogen-bond acceptors (Lipinski definition) is 5. The molecule has 0 unspecified atom stereocenters. The molecule has 0 aliphatic rings. The molecule has 7 heteroatoms. The number of hydrogen-bond donors (Lipinski definition) is 2. The Hall–Kier alpha value is -1.99. The van der Waals surface area contributed by atoms with Crippen molar-refractivity contribution in [1.82, 2.24) is 24.8 Å². The van der Waals surface area contributed by atoms with Gasteiger partial charge in [-0.3, -0.25) is 4.79 Å². The molecule has 0 spiro atoms. The summed E-state index contributed by atoms with van der Waals surface area (Å²) in [6.07, 6.45) is 3.33. The summed E-state index contributed by atoms with van der Waals surface area (Å²) in [5.74, 6) is 0.524. The quantitative estimate of drug-likeness (QED) is 0.711. The first-order chi connectivity index (χ1) is 9.20. The van der Waals surface area contributed by atoms with Crippen LogP contribution in [0.3, 0.4) is 0 Å². The van der Waals surface area contributed by atoms with Gasteiger partial charge in [0.15, 0.2) is 5.82 Å². The van der Waals surface area contributed by atoms with Crippen LogP contribution in [0.5, 0.6) is 0 Å². The van der Waals surface area contributed by atoms with Crippen molar-refractivity contribution >= 4 is 0 Å². The van der Waals surface area contributed by atoms with E-state index in [2.05, 4.69) is 20.3 Å². The molecule has 19 heavy (non-hydrogen) atoms. The first kappa shape index (κ1) is 13.4. The van der Waals surface area contributed by atoms with E-state index in [0.717, 1.165) is 5.69 Å². The Labute approximate surface area is 110 Å². The molecule has 0 aliphatic heterocycles. The fourth-order valence-corrected chi connectivity index (χ4v) is 1.70. The van der Waals surface area contributed by atoms with E-state index in [1.807, 2.05) is 7.05 Å². The van der Waals surface area contributed by atoms with Crippen molar-refractivity contribution in [2.45, 2.75) is 6.54 Å². The topological polar surface area (TPSA) is 84.8 Å². The van der Waals surface area contributed by atoms with E-state index in [4.69, 9.17) is 4.74 Å². The number of aromatic amines is 1. The van der Waals surface area contributed by atoms with Gasteiger partial charge in [0.1, 0.15) is 5.69 Å². The molecule has 0 atom stereocenters. The Morgan fingerprint density at radius 1 is 1.53 bits per heavy atom. The van der Waals surface area contributed by atoms with Crippen LogP contribution in [0.25, 0.3) is 11.5 Å². The minimum atomic E-state index is -0.172. The van der Waals surface area contributed by atoms with Crippen molar-refractivity contribution in [2.75, 3.05) is 20.3 Å². The van der Waals surface area contributed by atoms with E-state index in [0.29, 0.717) is 31.2 Å². The number of nitrogens with one attached hydrogen (secondary N) is 2. The van der Waals surface area contributed by atoms with Gasteiger partial charge in [0, 0.05) is 33.3 Å². The Bertz CT molecular complexity index is 590. The van der Waals surface area contributed by atoms with E-state index in [1.54, 1.807) is 24.2 Å². The maximum absolute atomic E-state index is 11.6. The number of imidazole rings is 1. The van der Waals surface area contributed by atoms with Gasteiger partial charge < -0.3 is 19.6 Å². The van der Waals surface area contributed by atoms with Crippen LogP contribution in [0, 0.1) is 0 Å². The van der Waals surface area contributed by atoms with Gasteiger partial charge in [-0.1, -0.05) is 0 Å². The lowest BCUT2D eigenvalue weighted by Gasteiger charge is -2.06. The maximum atomic E-state index is 11.6. The van der Waals surface area contributed by atoms with Gasteiger partial charge in [-0.15, -0.1) is 0 Å². The highest BCUT2D eigenvalue weighted by atomic mass is 16.5. The molecule has 0 radical (unpaired) electrons. The zero-order valence-corrected chi connectivity index (χ0v) is 11.0. The summed E-state index contributed by atoms with van der Waals surface area (Å²) in [6, 6.07) is 1.49. The van der Waals surface area contributed by atoms with Gasteiger partial charge in [0.25, 0.3) is 5.56 Å². The van der Waals surface area contributed by atoms with Crippen LogP contribution in [-0.2, 0) is 18.3 Å². The highest BCUT2D eigenvalue weighted by molar-refractivity contribution is 5.47. The van der Waals surface area contributed by atoms with E-state index in [-0.39, 0.29) is 5.56 Å². The molecule has 102 valence electrons.